The van der Waals surface area contributed by atoms with Crippen LogP contribution in [0.25, 0.3) is 0 Å². The first kappa shape index (κ1) is 11.0. The molecular weight excluding hydrogens is 244 g/mol. The smallest absolute Gasteiger partial charge is 0.170 e. The Morgan fingerprint density at radius 1 is 1.64 bits per heavy atom. The molecule has 0 bridgehead atoms. The molecule has 0 aliphatic rings. The monoisotopic (exact) mass is 254 g/mol. The fourth-order valence-corrected chi connectivity index (χ4v) is 1.46. The van der Waals surface area contributed by atoms with Gasteiger partial charge in [0.1, 0.15) is 5.75 Å². The summed E-state index contributed by atoms with van der Waals surface area (Å²) in [5.41, 5.74) is 1.03. The largest absolute Gasteiger partial charge is 0.507 e. The zero-order valence-electron chi connectivity index (χ0n) is 7.88. The SMILES string of the molecule is C=CCC(=O)c1ccc(Br)c(C)c1O. The van der Waals surface area contributed by atoms with Gasteiger partial charge in [-0.3, -0.25) is 4.79 Å². The Balaban J connectivity index is 3.17. The minimum absolute atomic E-state index is 0.0474. The molecule has 74 valence electrons. The van der Waals surface area contributed by atoms with Gasteiger partial charge in [-0.1, -0.05) is 22.0 Å². The highest BCUT2D eigenvalue weighted by atomic mass is 79.9. The molecule has 14 heavy (non-hydrogen) atoms. The van der Waals surface area contributed by atoms with E-state index >= 15 is 0 Å². The molecule has 1 rings (SSSR count). The van der Waals surface area contributed by atoms with E-state index in [9.17, 15) is 9.90 Å². The lowest BCUT2D eigenvalue weighted by atomic mass is 10.0. The minimum Gasteiger partial charge on any atom is -0.507 e. The summed E-state index contributed by atoms with van der Waals surface area (Å²) in [6, 6.07) is 3.36. The Morgan fingerprint density at radius 3 is 2.86 bits per heavy atom. The van der Waals surface area contributed by atoms with Crippen molar-refractivity contribution in [1.82, 2.24) is 0 Å². The number of hydrogen-bond donors (Lipinski definition) is 1. The lowest BCUT2D eigenvalue weighted by Gasteiger charge is -2.06. The van der Waals surface area contributed by atoms with E-state index in [1.54, 1.807) is 19.1 Å². The summed E-state index contributed by atoms with van der Waals surface area (Å²) in [6.07, 6.45) is 1.77. The maximum Gasteiger partial charge on any atom is 0.170 e. The molecule has 1 N–H and O–H groups in total. The molecule has 3 heteroatoms. The van der Waals surface area contributed by atoms with Crippen molar-refractivity contribution in [1.29, 1.82) is 0 Å². The molecule has 0 radical (unpaired) electrons. The molecule has 0 fully saturated rings. The second-order valence-electron chi connectivity index (χ2n) is 2.98. The molecule has 0 aliphatic heterocycles. The third-order valence-electron chi connectivity index (χ3n) is 2.00. The molecular formula is C11H11BrO2. The number of ketones is 1. The first-order valence-electron chi connectivity index (χ1n) is 4.20. The number of hydrogen-bond acceptors (Lipinski definition) is 2. The van der Waals surface area contributed by atoms with Gasteiger partial charge in [0.2, 0.25) is 0 Å². The van der Waals surface area contributed by atoms with Gasteiger partial charge in [0.15, 0.2) is 5.78 Å². The number of carbonyl (C=O) groups is 1. The fourth-order valence-electron chi connectivity index (χ4n) is 1.14. The molecule has 2 nitrogen and oxygen atoms in total. The highest BCUT2D eigenvalue weighted by Crippen LogP contribution is 2.29. The number of halogens is 1. The summed E-state index contributed by atoms with van der Waals surface area (Å²) in [7, 11) is 0. The number of rotatable bonds is 3. The Hall–Kier alpha value is -1.09. The van der Waals surface area contributed by atoms with Gasteiger partial charge in [-0.15, -0.1) is 6.58 Å². The zero-order chi connectivity index (χ0) is 10.7. The topological polar surface area (TPSA) is 37.3 Å². The summed E-state index contributed by atoms with van der Waals surface area (Å²) in [5.74, 6) is -0.0701. The van der Waals surface area contributed by atoms with Crippen LogP contribution in [0.2, 0.25) is 0 Å². The predicted octanol–water partition coefficient (Wildman–Crippen LogP) is 3.22. The van der Waals surface area contributed by atoms with E-state index in [2.05, 4.69) is 22.5 Å². The van der Waals surface area contributed by atoms with Gasteiger partial charge < -0.3 is 5.11 Å². The first-order chi connectivity index (χ1) is 6.57. The van der Waals surface area contributed by atoms with Crippen LogP contribution in [0.15, 0.2) is 29.3 Å². The third kappa shape index (κ3) is 2.04. The second kappa shape index (κ2) is 4.42. The standard InChI is InChI=1S/C11H11BrO2/c1-3-4-10(13)8-5-6-9(12)7(2)11(8)14/h3,5-6,14H,1,4H2,2H3. The van der Waals surface area contributed by atoms with Gasteiger partial charge in [-0.05, 0) is 19.1 Å². The van der Waals surface area contributed by atoms with Crippen molar-refractivity contribution in [2.75, 3.05) is 0 Å². The lowest BCUT2D eigenvalue weighted by molar-refractivity contribution is 0.0993. The van der Waals surface area contributed by atoms with Crippen molar-refractivity contribution < 1.29 is 9.90 Å². The van der Waals surface area contributed by atoms with Crippen molar-refractivity contribution in [3.05, 3.63) is 40.4 Å². The summed E-state index contributed by atoms with van der Waals surface area (Å²) in [4.78, 5) is 11.5. The molecule has 0 unspecified atom stereocenters. The number of phenolic OH excluding ortho intramolecular Hbond substituents is 1. The normalized spacial score (nSPS) is 9.86. The summed E-state index contributed by atoms with van der Waals surface area (Å²) in [5, 5.41) is 9.69. The minimum atomic E-state index is -0.117. The van der Waals surface area contributed by atoms with Gasteiger partial charge in [-0.25, -0.2) is 0 Å². The van der Waals surface area contributed by atoms with Crippen molar-refractivity contribution >= 4 is 21.7 Å². The summed E-state index contributed by atoms with van der Waals surface area (Å²) >= 11 is 3.28. The molecule has 1 aromatic carbocycles. The van der Waals surface area contributed by atoms with Crippen LogP contribution in [0.1, 0.15) is 22.3 Å². The quantitative estimate of drug-likeness (QED) is 0.665. The average molecular weight is 255 g/mol. The maximum absolute atomic E-state index is 11.5. The Kier molecular flexibility index (Phi) is 3.47. The molecule has 0 amide bonds. The van der Waals surface area contributed by atoms with Crippen molar-refractivity contribution in [3.8, 4) is 5.75 Å². The average Bonchev–Trinajstić information content (AvgIpc) is 2.15. The van der Waals surface area contributed by atoms with Crippen molar-refractivity contribution in [2.45, 2.75) is 13.3 Å². The highest BCUT2D eigenvalue weighted by molar-refractivity contribution is 9.10. The molecule has 0 saturated carbocycles. The van der Waals surface area contributed by atoms with Crippen LogP contribution in [0.4, 0.5) is 0 Å². The van der Waals surface area contributed by atoms with Crippen LogP contribution in [0.5, 0.6) is 5.75 Å². The second-order valence-corrected chi connectivity index (χ2v) is 3.84. The Bertz CT molecular complexity index is 383. The Morgan fingerprint density at radius 2 is 2.29 bits per heavy atom. The van der Waals surface area contributed by atoms with E-state index in [0.717, 1.165) is 4.47 Å². The van der Waals surface area contributed by atoms with Gasteiger partial charge in [-0.2, -0.15) is 0 Å². The highest BCUT2D eigenvalue weighted by Gasteiger charge is 2.12. The zero-order valence-corrected chi connectivity index (χ0v) is 9.47. The number of benzene rings is 1. The van der Waals surface area contributed by atoms with Crippen LogP contribution in [-0.4, -0.2) is 10.9 Å². The Labute approximate surface area is 91.4 Å². The van der Waals surface area contributed by atoms with Gasteiger partial charge in [0.25, 0.3) is 0 Å². The van der Waals surface area contributed by atoms with Crippen LogP contribution in [0, 0.1) is 6.92 Å². The molecule has 1 aromatic rings. The van der Waals surface area contributed by atoms with E-state index in [4.69, 9.17) is 0 Å². The molecule has 0 aromatic heterocycles. The molecule has 0 spiro atoms. The number of Topliss-reactive ketones (excluding diaryl/α,β-unsaturated/α-hetero) is 1. The van der Waals surface area contributed by atoms with E-state index in [0.29, 0.717) is 11.1 Å². The molecule has 0 aliphatic carbocycles. The summed E-state index contributed by atoms with van der Waals surface area (Å²) < 4.78 is 0.796. The van der Waals surface area contributed by atoms with Crippen LogP contribution in [0.3, 0.4) is 0 Å². The summed E-state index contributed by atoms with van der Waals surface area (Å²) in [6.45, 7) is 5.24. The number of phenols is 1. The molecule has 0 saturated heterocycles. The van der Waals surface area contributed by atoms with Gasteiger partial charge in [0.05, 0.1) is 5.56 Å². The first-order valence-corrected chi connectivity index (χ1v) is 4.99. The van der Waals surface area contributed by atoms with E-state index in [1.165, 1.54) is 6.08 Å². The third-order valence-corrected chi connectivity index (χ3v) is 2.85. The molecule has 0 heterocycles. The van der Waals surface area contributed by atoms with Gasteiger partial charge in [0, 0.05) is 16.5 Å². The van der Waals surface area contributed by atoms with Crippen molar-refractivity contribution in [2.24, 2.45) is 0 Å². The van der Waals surface area contributed by atoms with E-state index in [1.807, 2.05) is 0 Å². The van der Waals surface area contributed by atoms with E-state index < -0.39 is 0 Å². The van der Waals surface area contributed by atoms with Gasteiger partial charge >= 0.3 is 0 Å². The fraction of sp³-hybridized carbons (Fsp3) is 0.182. The van der Waals surface area contributed by atoms with Crippen LogP contribution in [-0.2, 0) is 0 Å². The van der Waals surface area contributed by atoms with E-state index in [-0.39, 0.29) is 18.0 Å². The number of carbonyl (C=O) groups excluding carboxylic acids is 1. The van der Waals surface area contributed by atoms with Crippen LogP contribution < -0.4 is 0 Å². The van der Waals surface area contributed by atoms with Crippen LogP contribution >= 0.6 is 15.9 Å². The molecule has 0 atom stereocenters. The van der Waals surface area contributed by atoms with Crippen molar-refractivity contribution in [3.63, 3.8) is 0 Å². The number of aromatic hydroxyl groups is 1. The number of allylic oxidation sites excluding steroid dienone is 1. The predicted molar refractivity (Wildman–Crippen MR) is 59.7 cm³/mol. The lowest BCUT2D eigenvalue weighted by Crippen LogP contribution is -1.98. The maximum atomic E-state index is 11.5.